The molecule has 1 aromatic rings. The van der Waals surface area contributed by atoms with Gasteiger partial charge in [0.05, 0.1) is 22.2 Å². The molecule has 102 valence electrons. The van der Waals surface area contributed by atoms with Gasteiger partial charge in [0, 0.05) is 13.1 Å². The van der Waals surface area contributed by atoms with Gasteiger partial charge in [0.25, 0.3) is 0 Å². The van der Waals surface area contributed by atoms with Crippen LogP contribution in [0.2, 0.25) is 5.02 Å². The van der Waals surface area contributed by atoms with Crippen LogP contribution in [0.5, 0.6) is 0 Å². The van der Waals surface area contributed by atoms with E-state index in [9.17, 15) is 8.42 Å². The van der Waals surface area contributed by atoms with E-state index in [2.05, 4.69) is 0 Å². The van der Waals surface area contributed by atoms with Crippen molar-refractivity contribution in [2.75, 3.05) is 25.4 Å². The van der Waals surface area contributed by atoms with Gasteiger partial charge >= 0.3 is 0 Å². The summed E-state index contributed by atoms with van der Waals surface area (Å²) in [5, 5.41) is 9.22. The number of aliphatic hydroxyl groups is 1. The third kappa shape index (κ3) is 2.95. The van der Waals surface area contributed by atoms with Gasteiger partial charge in [0.15, 0.2) is 0 Å². The quantitative estimate of drug-likeness (QED) is 0.800. The number of aliphatic hydroxyl groups excluding tert-OH is 1. The summed E-state index contributed by atoms with van der Waals surface area (Å²) in [5.41, 5.74) is 6.39. The lowest BCUT2D eigenvalue weighted by molar-refractivity contribution is 0.257. The third-order valence-corrected chi connectivity index (χ3v) is 5.06. The van der Waals surface area contributed by atoms with Crippen LogP contribution in [0.25, 0.3) is 0 Å². The molecule has 0 heterocycles. The van der Waals surface area contributed by atoms with Crippen molar-refractivity contribution in [1.29, 1.82) is 0 Å². The van der Waals surface area contributed by atoms with E-state index in [1.165, 1.54) is 16.4 Å². The van der Waals surface area contributed by atoms with E-state index in [0.29, 0.717) is 10.6 Å². The molecule has 18 heavy (non-hydrogen) atoms. The monoisotopic (exact) mass is 292 g/mol. The van der Waals surface area contributed by atoms with Gasteiger partial charge in [-0.05, 0) is 24.6 Å². The van der Waals surface area contributed by atoms with Crippen LogP contribution in [0.15, 0.2) is 17.0 Å². The number of nitrogens with zero attached hydrogens (tertiary/aromatic N) is 1. The smallest absolute Gasteiger partial charge is 0.243 e. The fraction of sp³-hybridized carbons (Fsp3) is 0.455. The maximum absolute atomic E-state index is 12.4. The fourth-order valence-corrected chi connectivity index (χ4v) is 3.55. The highest BCUT2D eigenvalue weighted by atomic mass is 35.5. The molecule has 0 spiro atoms. The molecule has 0 aliphatic rings. The summed E-state index contributed by atoms with van der Waals surface area (Å²) in [6, 6.07) is 2.88. The van der Waals surface area contributed by atoms with Gasteiger partial charge in [0.2, 0.25) is 10.0 Å². The van der Waals surface area contributed by atoms with Gasteiger partial charge in [-0.1, -0.05) is 18.5 Å². The molecule has 0 unspecified atom stereocenters. The summed E-state index contributed by atoms with van der Waals surface area (Å²) in [7, 11) is -3.65. The van der Waals surface area contributed by atoms with Crippen LogP contribution in [0.3, 0.4) is 0 Å². The molecular formula is C11H17ClN2O3S. The van der Waals surface area contributed by atoms with Crippen molar-refractivity contribution in [2.45, 2.75) is 18.7 Å². The average Bonchev–Trinajstić information content (AvgIpc) is 2.30. The van der Waals surface area contributed by atoms with Crippen molar-refractivity contribution >= 4 is 27.3 Å². The van der Waals surface area contributed by atoms with E-state index in [0.717, 1.165) is 0 Å². The van der Waals surface area contributed by atoms with E-state index >= 15 is 0 Å². The van der Waals surface area contributed by atoms with Crippen molar-refractivity contribution in [3.8, 4) is 0 Å². The number of nitrogens with two attached hydrogens (primary N) is 1. The predicted octanol–water partition coefficient (Wildman–Crippen LogP) is 1.23. The first-order valence-corrected chi connectivity index (χ1v) is 7.33. The Morgan fingerprint density at radius 2 is 2.06 bits per heavy atom. The highest BCUT2D eigenvalue weighted by molar-refractivity contribution is 7.89. The molecule has 0 saturated heterocycles. The second-order valence-corrected chi connectivity index (χ2v) is 6.17. The normalized spacial score (nSPS) is 12.1. The van der Waals surface area contributed by atoms with Crippen LogP contribution in [-0.2, 0) is 10.0 Å². The molecule has 5 nitrogen and oxygen atoms in total. The lowest BCUT2D eigenvalue weighted by Crippen LogP contribution is -2.33. The molecule has 0 bridgehead atoms. The molecule has 0 fully saturated rings. The van der Waals surface area contributed by atoms with Crippen LogP contribution in [-0.4, -0.2) is 37.5 Å². The summed E-state index contributed by atoms with van der Waals surface area (Å²) in [4.78, 5) is 0.125. The zero-order chi connectivity index (χ0) is 13.9. The minimum atomic E-state index is -3.65. The first-order chi connectivity index (χ1) is 8.34. The van der Waals surface area contributed by atoms with Gasteiger partial charge in [0.1, 0.15) is 0 Å². The number of nitrogen functional groups attached to an aromatic ring is 1. The molecule has 0 aromatic heterocycles. The highest BCUT2D eigenvalue weighted by Gasteiger charge is 2.25. The second kappa shape index (κ2) is 5.88. The van der Waals surface area contributed by atoms with E-state index in [-0.39, 0.29) is 30.3 Å². The standard InChI is InChI=1S/C11H17ClN2O3S/c1-3-14(4-5-15)18(16,17)11-7-10(13)9(12)6-8(11)2/h6-7,15H,3-5,13H2,1-2H3. The molecule has 0 radical (unpaired) electrons. The highest BCUT2D eigenvalue weighted by Crippen LogP contribution is 2.28. The van der Waals surface area contributed by atoms with Crippen LogP contribution in [0.1, 0.15) is 12.5 Å². The van der Waals surface area contributed by atoms with Gasteiger partial charge < -0.3 is 10.8 Å². The van der Waals surface area contributed by atoms with Gasteiger partial charge in [-0.3, -0.25) is 0 Å². The first kappa shape index (κ1) is 15.2. The van der Waals surface area contributed by atoms with E-state index < -0.39 is 10.0 Å². The van der Waals surface area contributed by atoms with Crippen molar-refractivity contribution in [2.24, 2.45) is 0 Å². The van der Waals surface area contributed by atoms with E-state index in [1.807, 2.05) is 0 Å². The Balaban J connectivity index is 3.32. The molecule has 3 N–H and O–H groups in total. The minimum absolute atomic E-state index is 0.0564. The average molecular weight is 293 g/mol. The Labute approximate surface area is 112 Å². The van der Waals surface area contributed by atoms with E-state index in [4.69, 9.17) is 22.4 Å². The lowest BCUT2D eigenvalue weighted by Gasteiger charge is -2.21. The number of rotatable bonds is 5. The second-order valence-electron chi connectivity index (χ2n) is 3.86. The SMILES string of the molecule is CCN(CCO)S(=O)(=O)c1cc(N)c(Cl)cc1C. The number of likely N-dealkylation sites (N-methyl/N-ethyl adjacent to an activating group) is 1. The van der Waals surface area contributed by atoms with Gasteiger partial charge in [-0.15, -0.1) is 0 Å². The minimum Gasteiger partial charge on any atom is -0.397 e. The molecule has 0 atom stereocenters. The maximum atomic E-state index is 12.4. The van der Waals surface area contributed by atoms with Crippen molar-refractivity contribution in [3.05, 3.63) is 22.7 Å². The third-order valence-electron chi connectivity index (χ3n) is 2.61. The summed E-state index contributed by atoms with van der Waals surface area (Å²) in [6.45, 7) is 3.48. The van der Waals surface area contributed by atoms with Crippen molar-refractivity contribution in [1.82, 2.24) is 4.31 Å². The molecule has 0 aliphatic heterocycles. The Morgan fingerprint density at radius 1 is 1.44 bits per heavy atom. The Kier molecular flexibility index (Phi) is 4.98. The summed E-state index contributed by atoms with van der Waals surface area (Å²) in [6.07, 6.45) is 0. The largest absolute Gasteiger partial charge is 0.397 e. The van der Waals surface area contributed by atoms with Crippen LogP contribution >= 0.6 is 11.6 Å². The van der Waals surface area contributed by atoms with Crippen molar-refractivity contribution in [3.63, 3.8) is 0 Å². The fourth-order valence-electron chi connectivity index (χ4n) is 1.65. The van der Waals surface area contributed by atoms with Gasteiger partial charge in [-0.2, -0.15) is 4.31 Å². The number of hydrogen-bond donors (Lipinski definition) is 2. The number of sulfonamides is 1. The Bertz CT molecular complexity index is 531. The topological polar surface area (TPSA) is 83.6 Å². The van der Waals surface area contributed by atoms with Crippen LogP contribution in [0, 0.1) is 6.92 Å². The summed E-state index contributed by atoms with van der Waals surface area (Å²) < 4.78 is 25.9. The van der Waals surface area contributed by atoms with E-state index in [1.54, 1.807) is 13.8 Å². The molecule has 0 aliphatic carbocycles. The number of halogens is 1. The molecular weight excluding hydrogens is 276 g/mol. The molecule has 0 amide bonds. The van der Waals surface area contributed by atoms with Crippen molar-refractivity contribution < 1.29 is 13.5 Å². The maximum Gasteiger partial charge on any atom is 0.243 e. The lowest BCUT2D eigenvalue weighted by atomic mass is 10.2. The summed E-state index contributed by atoms with van der Waals surface area (Å²) >= 11 is 5.84. The number of hydrogen-bond acceptors (Lipinski definition) is 4. The zero-order valence-electron chi connectivity index (χ0n) is 10.4. The number of benzene rings is 1. The molecule has 0 saturated carbocycles. The molecule has 1 rings (SSSR count). The Morgan fingerprint density at radius 3 is 2.56 bits per heavy atom. The summed E-state index contributed by atoms with van der Waals surface area (Å²) in [5.74, 6) is 0. The number of anilines is 1. The first-order valence-electron chi connectivity index (χ1n) is 5.51. The molecule has 7 heteroatoms. The predicted molar refractivity (Wildman–Crippen MR) is 72.1 cm³/mol. The van der Waals surface area contributed by atoms with Gasteiger partial charge in [-0.25, -0.2) is 8.42 Å². The zero-order valence-corrected chi connectivity index (χ0v) is 11.9. The molecule has 1 aromatic carbocycles. The number of aryl methyl sites for hydroxylation is 1. The van der Waals surface area contributed by atoms with Crippen LogP contribution in [0.4, 0.5) is 5.69 Å². The Hall–Kier alpha value is -0.820. The van der Waals surface area contributed by atoms with Crippen LogP contribution < -0.4 is 5.73 Å².